The lowest BCUT2D eigenvalue weighted by molar-refractivity contribution is 0.0921. The van der Waals surface area contributed by atoms with Crippen LogP contribution in [0.25, 0.3) is 11.5 Å². The predicted molar refractivity (Wildman–Crippen MR) is 90.0 cm³/mol. The molecule has 0 unspecified atom stereocenters. The van der Waals surface area contributed by atoms with Gasteiger partial charge in [-0.25, -0.2) is 0 Å². The lowest BCUT2D eigenvalue weighted by Crippen LogP contribution is -2.11. The van der Waals surface area contributed by atoms with E-state index in [0.717, 1.165) is 18.4 Å². The van der Waals surface area contributed by atoms with E-state index in [-0.39, 0.29) is 12.4 Å². The maximum atomic E-state index is 12.2. The lowest BCUT2D eigenvalue weighted by Gasteiger charge is -2.06. The van der Waals surface area contributed by atoms with Crippen molar-refractivity contribution in [1.82, 2.24) is 10.2 Å². The molecule has 0 N–H and O–H groups in total. The Balaban J connectivity index is 1.57. The Hall–Kier alpha value is -2.95. The lowest BCUT2D eigenvalue weighted by atomic mass is 10.1. The Bertz CT molecular complexity index is 778. The quantitative estimate of drug-likeness (QED) is 0.616. The zero-order valence-electron chi connectivity index (χ0n) is 13.4. The van der Waals surface area contributed by atoms with Crippen molar-refractivity contribution in [3.63, 3.8) is 0 Å². The van der Waals surface area contributed by atoms with Crippen molar-refractivity contribution in [2.45, 2.75) is 19.8 Å². The molecule has 122 valence electrons. The van der Waals surface area contributed by atoms with Gasteiger partial charge in [-0.05, 0) is 36.2 Å². The largest absolute Gasteiger partial charge is 0.485 e. The van der Waals surface area contributed by atoms with E-state index in [1.807, 2.05) is 36.4 Å². The summed E-state index contributed by atoms with van der Waals surface area (Å²) in [5.74, 6) is 1.03. The molecule has 0 radical (unpaired) electrons. The summed E-state index contributed by atoms with van der Waals surface area (Å²) in [6.45, 7) is 2.14. The number of Topliss-reactive ketones (excluding diaryl/α,β-unsaturated/α-hetero) is 1. The minimum atomic E-state index is -0.0426. The molecule has 1 aromatic heterocycles. The Kier molecular flexibility index (Phi) is 5.01. The standard InChI is InChI=1S/C19H18N2O3/c1-2-3-14-4-6-15(7-5-14)18(22)12-23-17-10-8-16(9-11-17)19-21-20-13-24-19/h4-11,13H,2-3,12H2,1H3. The molecule has 0 aliphatic heterocycles. The highest BCUT2D eigenvalue weighted by atomic mass is 16.5. The number of ether oxygens (including phenoxy) is 1. The summed E-state index contributed by atoms with van der Waals surface area (Å²) >= 11 is 0. The Morgan fingerprint density at radius 2 is 1.83 bits per heavy atom. The number of carbonyl (C=O) groups is 1. The van der Waals surface area contributed by atoms with Crippen LogP contribution < -0.4 is 4.74 Å². The molecule has 0 bridgehead atoms. The molecular formula is C19H18N2O3. The summed E-state index contributed by atoms with van der Waals surface area (Å²) in [4.78, 5) is 12.2. The maximum absolute atomic E-state index is 12.2. The fourth-order valence-corrected chi connectivity index (χ4v) is 2.37. The molecule has 0 fully saturated rings. The molecule has 0 saturated heterocycles. The van der Waals surface area contributed by atoms with E-state index in [0.29, 0.717) is 17.2 Å². The van der Waals surface area contributed by atoms with Crippen molar-refractivity contribution in [2.24, 2.45) is 0 Å². The smallest absolute Gasteiger partial charge is 0.247 e. The Labute approximate surface area is 140 Å². The van der Waals surface area contributed by atoms with Crippen LogP contribution in [0.15, 0.2) is 59.3 Å². The second kappa shape index (κ2) is 7.55. The van der Waals surface area contributed by atoms with Gasteiger partial charge >= 0.3 is 0 Å². The van der Waals surface area contributed by atoms with Crippen LogP contribution >= 0.6 is 0 Å². The van der Waals surface area contributed by atoms with Crippen LogP contribution in [-0.2, 0) is 6.42 Å². The Morgan fingerprint density at radius 1 is 1.08 bits per heavy atom. The molecule has 1 heterocycles. The molecule has 0 aliphatic carbocycles. The van der Waals surface area contributed by atoms with Gasteiger partial charge in [-0.3, -0.25) is 4.79 Å². The summed E-state index contributed by atoms with van der Waals surface area (Å²) in [5.41, 5.74) is 2.71. The highest BCUT2D eigenvalue weighted by Gasteiger charge is 2.08. The first-order valence-corrected chi connectivity index (χ1v) is 7.88. The van der Waals surface area contributed by atoms with Crippen molar-refractivity contribution < 1.29 is 13.9 Å². The second-order valence-corrected chi connectivity index (χ2v) is 5.43. The first-order valence-electron chi connectivity index (χ1n) is 7.88. The molecule has 3 rings (SSSR count). The molecule has 0 atom stereocenters. The molecule has 0 aliphatic rings. The molecule has 0 spiro atoms. The molecule has 5 nitrogen and oxygen atoms in total. The summed E-state index contributed by atoms with van der Waals surface area (Å²) in [6, 6.07) is 14.9. The van der Waals surface area contributed by atoms with Gasteiger partial charge in [-0.2, -0.15) is 0 Å². The number of ketones is 1. The zero-order valence-corrected chi connectivity index (χ0v) is 13.4. The summed E-state index contributed by atoms with van der Waals surface area (Å²) in [7, 11) is 0. The molecule has 24 heavy (non-hydrogen) atoms. The number of benzene rings is 2. The van der Waals surface area contributed by atoms with Crippen molar-refractivity contribution in [3.8, 4) is 17.2 Å². The van der Waals surface area contributed by atoms with Crippen LogP contribution in [0.5, 0.6) is 5.75 Å². The summed E-state index contributed by atoms with van der Waals surface area (Å²) < 4.78 is 10.7. The van der Waals surface area contributed by atoms with E-state index in [9.17, 15) is 4.79 Å². The van der Waals surface area contributed by atoms with E-state index in [2.05, 4.69) is 17.1 Å². The molecule has 2 aromatic carbocycles. The van der Waals surface area contributed by atoms with Crippen molar-refractivity contribution in [1.29, 1.82) is 0 Å². The number of nitrogens with zero attached hydrogens (tertiary/aromatic N) is 2. The highest BCUT2D eigenvalue weighted by Crippen LogP contribution is 2.20. The molecule has 5 heteroatoms. The highest BCUT2D eigenvalue weighted by molar-refractivity contribution is 5.97. The number of hydrogen-bond acceptors (Lipinski definition) is 5. The number of rotatable bonds is 7. The third-order valence-electron chi connectivity index (χ3n) is 3.65. The van der Waals surface area contributed by atoms with Gasteiger partial charge in [-0.15, -0.1) is 10.2 Å². The number of carbonyl (C=O) groups excluding carboxylic acids is 1. The van der Waals surface area contributed by atoms with Gasteiger partial charge in [0.2, 0.25) is 12.3 Å². The van der Waals surface area contributed by atoms with E-state index >= 15 is 0 Å². The topological polar surface area (TPSA) is 65.2 Å². The predicted octanol–water partition coefficient (Wildman–Crippen LogP) is 3.95. The van der Waals surface area contributed by atoms with Crippen molar-refractivity contribution in [2.75, 3.05) is 6.61 Å². The van der Waals surface area contributed by atoms with Crippen LogP contribution in [0.1, 0.15) is 29.3 Å². The third-order valence-corrected chi connectivity index (χ3v) is 3.65. The minimum absolute atomic E-state index is 0.00697. The number of hydrogen-bond donors (Lipinski definition) is 0. The summed E-state index contributed by atoms with van der Waals surface area (Å²) in [5, 5.41) is 7.48. The van der Waals surface area contributed by atoms with Crippen LogP contribution in [0, 0.1) is 0 Å². The van der Waals surface area contributed by atoms with E-state index < -0.39 is 0 Å². The van der Waals surface area contributed by atoms with E-state index in [4.69, 9.17) is 9.15 Å². The van der Waals surface area contributed by atoms with Crippen LogP contribution in [0.4, 0.5) is 0 Å². The monoisotopic (exact) mass is 322 g/mol. The molecular weight excluding hydrogens is 304 g/mol. The van der Waals surface area contributed by atoms with Gasteiger partial charge in [0.1, 0.15) is 5.75 Å². The van der Waals surface area contributed by atoms with Crippen LogP contribution in [0.3, 0.4) is 0 Å². The fraction of sp³-hybridized carbons (Fsp3) is 0.211. The van der Waals surface area contributed by atoms with Crippen molar-refractivity contribution >= 4 is 5.78 Å². The molecule has 0 amide bonds. The number of aromatic nitrogens is 2. The SMILES string of the molecule is CCCc1ccc(C(=O)COc2ccc(-c3nnco3)cc2)cc1. The third kappa shape index (κ3) is 3.87. The van der Waals surface area contributed by atoms with Gasteiger partial charge in [0.15, 0.2) is 12.4 Å². The average Bonchev–Trinajstić information content (AvgIpc) is 3.16. The van der Waals surface area contributed by atoms with Gasteiger partial charge < -0.3 is 9.15 Å². The van der Waals surface area contributed by atoms with Gasteiger partial charge in [0.25, 0.3) is 0 Å². The zero-order chi connectivity index (χ0) is 16.8. The van der Waals surface area contributed by atoms with Crippen LogP contribution in [-0.4, -0.2) is 22.6 Å². The van der Waals surface area contributed by atoms with E-state index in [1.54, 1.807) is 12.1 Å². The Morgan fingerprint density at radius 3 is 2.46 bits per heavy atom. The molecule has 3 aromatic rings. The summed E-state index contributed by atoms with van der Waals surface area (Å²) in [6.07, 6.45) is 3.40. The average molecular weight is 322 g/mol. The molecule has 0 saturated carbocycles. The van der Waals surface area contributed by atoms with Gasteiger partial charge in [0.05, 0.1) is 0 Å². The van der Waals surface area contributed by atoms with Crippen molar-refractivity contribution in [3.05, 3.63) is 66.1 Å². The number of aryl methyl sites for hydroxylation is 1. The first kappa shape index (κ1) is 15.9. The van der Waals surface area contributed by atoms with Gasteiger partial charge in [0, 0.05) is 11.1 Å². The first-order chi connectivity index (χ1) is 11.8. The van der Waals surface area contributed by atoms with Crippen LogP contribution in [0.2, 0.25) is 0 Å². The minimum Gasteiger partial charge on any atom is -0.485 e. The fourth-order valence-electron chi connectivity index (χ4n) is 2.37. The second-order valence-electron chi connectivity index (χ2n) is 5.43. The van der Waals surface area contributed by atoms with E-state index in [1.165, 1.54) is 12.0 Å². The normalized spacial score (nSPS) is 10.5. The maximum Gasteiger partial charge on any atom is 0.247 e. The van der Waals surface area contributed by atoms with Gasteiger partial charge in [-0.1, -0.05) is 37.6 Å².